The molecule has 2 N–H and O–H groups in total. The van der Waals surface area contributed by atoms with E-state index < -0.39 is 6.10 Å². The predicted molar refractivity (Wildman–Crippen MR) is 104 cm³/mol. The molecule has 0 fully saturated rings. The zero-order chi connectivity index (χ0) is 19.2. The van der Waals surface area contributed by atoms with Crippen LogP contribution in [0.25, 0.3) is 0 Å². The zero-order valence-electron chi connectivity index (χ0n) is 15.3. The van der Waals surface area contributed by atoms with E-state index in [0.29, 0.717) is 23.9 Å². The van der Waals surface area contributed by atoms with Gasteiger partial charge in [0.2, 0.25) is 0 Å². The van der Waals surface area contributed by atoms with E-state index in [9.17, 15) is 9.90 Å². The van der Waals surface area contributed by atoms with Gasteiger partial charge in [0, 0.05) is 17.6 Å². The molecule has 0 aliphatic heterocycles. The molecule has 6 heteroatoms. The summed E-state index contributed by atoms with van der Waals surface area (Å²) < 4.78 is 10.4. The minimum absolute atomic E-state index is 0.0832. The lowest BCUT2D eigenvalue weighted by atomic mass is 10.1. The fourth-order valence-electron chi connectivity index (χ4n) is 3.28. The molecule has 2 atom stereocenters. The maximum Gasteiger partial charge on any atom is 0.344 e. The van der Waals surface area contributed by atoms with E-state index in [1.54, 1.807) is 19.1 Å². The molecule has 0 spiro atoms. The summed E-state index contributed by atoms with van der Waals surface area (Å²) in [5.41, 5.74) is 3.26. The first-order chi connectivity index (χ1) is 13.0. The van der Waals surface area contributed by atoms with E-state index in [1.165, 1.54) is 11.1 Å². The van der Waals surface area contributed by atoms with Crippen molar-refractivity contribution in [1.82, 2.24) is 5.32 Å². The molecule has 2 unspecified atom stereocenters. The summed E-state index contributed by atoms with van der Waals surface area (Å²) in [4.78, 5) is 11.4. The number of hydrogen-bond donors (Lipinski definition) is 2. The van der Waals surface area contributed by atoms with Gasteiger partial charge in [-0.3, -0.25) is 0 Å². The van der Waals surface area contributed by atoms with E-state index in [0.717, 1.165) is 18.4 Å². The molecule has 27 heavy (non-hydrogen) atoms. The second kappa shape index (κ2) is 9.22. The maximum absolute atomic E-state index is 11.4. The molecular formula is C21H24ClNO4. The van der Waals surface area contributed by atoms with Gasteiger partial charge in [0.15, 0.2) is 6.61 Å². The highest BCUT2D eigenvalue weighted by atomic mass is 35.5. The number of aliphatic hydroxyl groups is 1. The monoisotopic (exact) mass is 389 g/mol. The summed E-state index contributed by atoms with van der Waals surface area (Å²) in [6.45, 7) is 2.50. The van der Waals surface area contributed by atoms with Gasteiger partial charge in [-0.15, -0.1) is 0 Å². The van der Waals surface area contributed by atoms with E-state index in [1.807, 2.05) is 30.3 Å². The van der Waals surface area contributed by atoms with Gasteiger partial charge in [-0.05, 0) is 60.7 Å². The summed E-state index contributed by atoms with van der Waals surface area (Å²) in [5.74, 6) is 0.300. The van der Waals surface area contributed by atoms with Crippen molar-refractivity contribution in [2.75, 3.05) is 19.8 Å². The molecule has 0 heterocycles. The first-order valence-electron chi connectivity index (χ1n) is 9.12. The minimum atomic E-state index is -0.601. The lowest BCUT2D eigenvalue weighted by Gasteiger charge is -2.16. The van der Waals surface area contributed by atoms with Gasteiger partial charge in [0.25, 0.3) is 0 Å². The Morgan fingerprint density at radius 2 is 2.07 bits per heavy atom. The van der Waals surface area contributed by atoms with Crippen molar-refractivity contribution in [1.29, 1.82) is 0 Å². The molecule has 3 rings (SSSR count). The van der Waals surface area contributed by atoms with Crippen LogP contribution in [0.15, 0.2) is 42.5 Å². The van der Waals surface area contributed by atoms with Crippen LogP contribution in [0.4, 0.5) is 0 Å². The van der Waals surface area contributed by atoms with Crippen LogP contribution in [0, 0.1) is 0 Å². The Bertz CT molecular complexity index is 796. The molecule has 0 saturated carbocycles. The second-order valence-electron chi connectivity index (χ2n) is 6.61. The summed E-state index contributed by atoms with van der Waals surface area (Å²) in [5, 5.41) is 14.4. The molecule has 0 saturated heterocycles. The Kier molecular flexibility index (Phi) is 6.72. The number of ether oxygens (including phenoxy) is 2. The van der Waals surface area contributed by atoms with Gasteiger partial charge in [-0.1, -0.05) is 29.8 Å². The first-order valence-corrected chi connectivity index (χ1v) is 9.50. The van der Waals surface area contributed by atoms with E-state index in [2.05, 4.69) is 5.32 Å². The number of rotatable bonds is 8. The number of hydrogen-bond acceptors (Lipinski definition) is 5. The van der Waals surface area contributed by atoms with E-state index >= 15 is 0 Å². The minimum Gasteiger partial charge on any atom is -0.482 e. The third kappa shape index (κ3) is 5.45. The van der Waals surface area contributed by atoms with Crippen molar-refractivity contribution in [3.05, 3.63) is 64.2 Å². The number of esters is 1. The Balaban J connectivity index is 1.51. The Morgan fingerprint density at radius 3 is 2.85 bits per heavy atom. The number of aliphatic hydroxyl groups excluding tert-OH is 1. The fourth-order valence-corrected chi connectivity index (χ4v) is 3.48. The van der Waals surface area contributed by atoms with Crippen LogP contribution in [-0.4, -0.2) is 36.9 Å². The largest absolute Gasteiger partial charge is 0.482 e. The van der Waals surface area contributed by atoms with Crippen LogP contribution in [0.2, 0.25) is 5.02 Å². The van der Waals surface area contributed by atoms with Gasteiger partial charge in [0.05, 0.1) is 12.7 Å². The second-order valence-corrected chi connectivity index (χ2v) is 7.04. The number of benzene rings is 2. The molecule has 2 aromatic rings. The molecule has 5 nitrogen and oxygen atoms in total. The van der Waals surface area contributed by atoms with E-state index in [-0.39, 0.29) is 18.6 Å². The summed E-state index contributed by atoms with van der Waals surface area (Å²) in [7, 11) is 0. The van der Waals surface area contributed by atoms with Crippen molar-refractivity contribution >= 4 is 17.6 Å². The Hall–Kier alpha value is -2.08. The number of fused-ring (bicyclic) bond motifs is 1. The van der Waals surface area contributed by atoms with Crippen LogP contribution in [0.5, 0.6) is 5.75 Å². The fraction of sp³-hybridized carbons (Fsp3) is 0.381. The quantitative estimate of drug-likeness (QED) is 0.679. The van der Waals surface area contributed by atoms with Crippen molar-refractivity contribution in [2.45, 2.75) is 31.9 Å². The molecule has 0 bridgehead atoms. The number of carbonyl (C=O) groups excluding carboxylic acids is 1. The van der Waals surface area contributed by atoms with Crippen LogP contribution >= 0.6 is 11.6 Å². The van der Waals surface area contributed by atoms with Crippen LogP contribution in [0.1, 0.15) is 29.7 Å². The Labute approximate surface area is 164 Å². The number of halogens is 1. The van der Waals surface area contributed by atoms with E-state index in [4.69, 9.17) is 21.1 Å². The normalized spacial score (nSPS) is 16.6. The summed E-state index contributed by atoms with van der Waals surface area (Å²) in [6.07, 6.45) is 1.15. The third-order valence-corrected chi connectivity index (χ3v) is 4.84. The number of nitrogens with one attached hydrogen (secondary N) is 1. The van der Waals surface area contributed by atoms with Gasteiger partial charge in [-0.2, -0.15) is 0 Å². The molecule has 1 aliphatic carbocycles. The molecule has 0 radical (unpaired) electrons. The lowest BCUT2D eigenvalue weighted by molar-refractivity contribution is -0.145. The number of carbonyl (C=O) groups is 1. The van der Waals surface area contributed by atoms with Crippen LogP contribution in [-0.2, 0) is 22.4 Å². The van der Waals surface area contributed by atoms with Crippen molar-refractivity contribution in [3.63, 3.8) is 0 Å². The van der Waals surface area contributed by atoms with Gasteiger partial charge in [0.1, 0.15) is 5.75 Å². The Morgan fingerprint density at radius 1 is 1.26 bits per heavy atom. The van der Waals surface area contributed by atoms with Crippen molar-refractivity contribution in [2.24, 2.45) is 0 Å². The predicted octanol–water partition coefficient (Wildman–Crippen LogP) is 3.07. The van der Waals surface area contributed by atoms with Crippen LogP contribution in [0.3, 0.4) is 0 Å². The SMILES string of the molecule is CCOC(=O)COc1ccc2c(c1)CC(NCC(O)c1cccc(Cl)c1)C2. The smallest absolute Gasteiger partial charge is 0.344 e. The van der Waals surface area contributed by atoms with Gasteiger partial charge >= 0.3 is 5.97 Å². The standard InChI is InChI=1S/C21H24ClNO4/c1-2-26-21(25)13-27-19-7-6-14-9-18(10-16(14)11-19)23-12-20(24)15-4-3-5-17(22)8-15/h3-8,11,18,20,23-24H,2,9-10,12-13H2,1H3. The topological polar surface area (TPSA) is 67.8 Å². The lowest BCUT2D eigenvalue weighted by Crippen LogP contribution is -2.33. The molecule has 2 aromatic carbocycles. The maximum atomic E-state index is 11.4. The summed E-state index contributed by atoms with van der Waals surface area (Å²) >= 11 is 5.98. The van der Waals surface area contributed by atoms with Crippen molar-refractivity contribution < 1.29 is 19.4 Å². The van der Waals surface area contributed by atoms with Gasteiger partial charge < -0.3 is 19.9 Å². The van der Waals surface area contributed by atoms with Gasteiger partial charge in [-0.25, -0.2) is 4.79 Å². The van der Waals surface area contributed by atoms with Crippen LogP contribution < -0.4 is 10.1 Å². The van der Waals surface area contributed by atoms with Crippen molar-refractivity contribution in [3.8, 4) is 5.75 Å². The highest BCUT2D eigenvalue weighted by Gasteiger charge is 2.22. The first kappa shape index (κ1) is 19.7. The molecule has 0 aromatic heterocycles. The highest BCUT2D eigenvalue weighted by molar-refractivity contribution is 6.30. The molecule has 144 valence electrons. The zero-order valence-corrected chi connectivity index (χ0v) is 16.0. The molecule has 0 amide bonds. The highest BCUT2D eigenvalue weighted by Crippen LogP contribution is 2.27. The molecule has 1 aliphatic rings. The third-order valence-electron chi connectivity index (χ3n) is 4.61. The molecular weight excluding hydrogens is 366 g/mol. The summed E-state index contributed by atoms with van der Waals surface area (Å²) in [6, 6.07) is 13.4. The average Bonchev–Trinajstić information content (AvgIpc) is 3.07. The average molecular weight is 390 g/mol.